The van der Waals surface area contributed by atoms with Crippen molar-refractivity contribution in [2.75, 3.05) is 6.54 Å². The molecular weight excluding hydrogens is 286 g/mol. The van der Waals surface area contributed by atoms with Crippen molar-refractivity contribution in [3.05, 3.63) is 29.6 Å². The van der Waals surface area contributed by atoms with E-state index in [1.807, 2.05) is 32.9 Å². The highest BCUT2D eigenvalue weighted by molar-refractivity contribution is 6.20. The van der Waals surface area contributed by atoms with Crippen molar-refractivity contribution in [2.24, 2.45) is 0 Å². The summed E-state index contributed by atoms with van der Waals surface area (Å²) in [6.45, 7) is 7.31. The monoisotopic (exact) mass is 307 g/mol. The summed E-state index contributed by atoms with van der Waals surface area (Å²) in [5.74, 6) is 0.888. The number of nitrogens with one attached hydrogen (secondary N) is 1. The maximum Gasteiger partial charge on any atom is 0.221 e. The first-order chi connectivity index (χ1) is 10.0. The number of alkyl halides is 1. The van der Waals surface area contributed by atoms with Crippen molar-refractivity contribution in [1.82, 2.24) is 14.9 Å². The van der Waals surface area contributed by atoms with E-state index < -0.39 is 0 Å². The fraction of sp³-hybridized carbons (Fsp3) is 0.500. The summed E-state index contributed by atoms with van der Waals surface area (Å²) in [6.07, 6.45) is 1.39. The maximum absolute atomic E-state index is 11.8. The molecule has 21 heavy (non-hydrogen) atoms. The second-order valence-electron chi connectivity index (χ2n) is 5.33. The molecule has 0 saturated heterocycles. The second-order valence-corrected chi connectivity index (χ2v) is 5.98. The minimum atomic E-state index is -0.184. The van der Waals surface area contributed by atoms with Gasteiger partial charge in [0.05, 0.1) is 16.4 Å². The molecule has 1 aromatic carbocycles. The van der Waals surface area contributed by atoms with Crippen molar-refractivity contribution >= 4 is 28.5 Å². The van der Waals surface area contributed by atoms with Gasteiger partial charge in [-0.25, -0.2) is 4.98 Å². The van der Waals surface area contributed by atoms with E-state index in [9.17, 15) is 4.79 Å². The number of carbonyl (C=O) groups is 1. The lowest BCUT2D eigenvalue weighted by atomic mass is 10.2. The number of halogens is 1. The van der Waals surface area contributed by atoms with Crippen LogP contribution < -0.4 is 5.32 Å². The number of aryl methyl sites for hydroxylation is 2. The highest BCUT2D eigenvalue weighted by Gasteiger charge is 2.15. The van der Waals surface area contributed by atoms with Gasteiger partial charge in [0.15, 0.2) is 0 Å². The van der Waals surface area contributed by atoms with Gasteiger partial charge in [0, 0.05) is 19.5 Å². The second kappa shape index (κ2) is 6.94. The molecule has 114 valence electrons. The molecular formula is C16H22ClN3O. The number of carbonyl (C=O) groups excluding carboxylic acids is 1. The predicted octanol–water partition coefficient (Wildman–Crippen LogP) is 3.56. The van der Waals surface area contributed by atoms with Crippen LogP contribution in [-0.2, 0) is 11.3 Å². The van der Waals surface area contributed by atoms with Crippen LogP contribution in [0.2, 0.25) is 0 Å². The normalized spacial score (nSPS) is 12.6. The number of rotatable bonds is 6. The zero-order valence-electron chi connectivity index (χ0n) is 12.8. The van der Waals surface area contributed by atoms with Crippen LogP contribution >= 0.6 is 11.6 Å². The molecule has 1 amide bonds. The Morgan fingerprint density at radius 2 is 2.24 bits per heavy atom. The quantitative estimate of drug-likeness (QED) is 0.829. The van der Waals surface area contributed by atoms with Crippen molar-refractivity contribution in [1.29, 1.82) is 0 Å². The molecule has 0 radical (unpaired) electrons. The Morgan fingerprint density at radius 1 is 1.48 bits per heavy atom. The largest absolute Gasteiger partial charge is 0.356 e. The molecule has 0 aliphatic heterocycles. The van der Waals surface area contributed by atoms with Crippen LogP contribution in [0.1, 0.15) is 43.5 Å². The molecule has 1 heterocycles. The third kappa shape index (κ3) is 3.76. The maximum atomic E-state index is 11.8. The van der Waals surface area contributed by atoms with Crippen molar-refractivity contribution in [3.8, 4) is 0 Å². The summed E-state index contributed by atoms with van der Waals surface area (Å²) in [6, 6.07) is 6.15. The van der Waals surface area contributed by atoms with Gasteiger partial charge in [0.1, 0.15) is 5.82 Å². The van der Waals surface area contributed by atoms with Crippen LogP contribution in [0.15, 0.2) is 18.2 Å². The van der Waals surface area contributed by atoms with Crippen LogP contribution in [0.5, 0.6) is 0 Å². The topological polar surface area (TPSA) is 46.9 Å². The van der Waals surface area contributed by atoms with E-state index in [0.717, 1.165) is 29.8 Å². The summed E-state index contributed by atoms with van der Waals surface area (Å²) < 4.78 is 2.05. The van der Waals surface area contributed by atoms with E-state index in [-0.39, 0.29) is 11.3 Å². The van der Waals surface area contributed by atoms with E-state index in [0.29, 0.717) is 13.0 Å². The molecule has 1 unspecified atom stereocenters. The van der Waals surface area contributed by atoms with Crippen molar-refractivity contribution in [2.45, 2.75) is 45.5 Å². The summed E-state index contributed by atoms with van der Waals surface area (Å²) >= 11 is 6.23. The molecule has 1 atom stereocenters. The van der Waals surface area contributed by atoms with Gasteiger partial charge in [-0.05, 0) is 38.0 Å². The van der Waals surface area contributed by atoms with E-state index in [2.05, 4.69) is 20.9 Å². The van der Waals surface area contributed by atoms with Gasteiger partial charge >= 0.3 is 0 Å². The van der Waals surface area contributed by atoms with Gasteiger partial charge < -0.3 is 9.88 Å². The Labute approximate surface area is 130 Å². The van der Waals surface area contributed by atoms with Crippen LogP contribution in [0.3, 0.4) is 0 Å². The molecule has 1 aromatic heterocycles. The first kappa shape index (κ1) is 15.8. The van der Waals surface area contributed by atoms with E-state index in [1.165, 1.54) is 5.56 Å². The number of hydrogen-bond donors (Lipinski definition) is 1. The summed E-state index contributed by atoms with van der Waals surface area (Å²) in [7, 11) is 0. The highest BCUT2D eigenvalue weighted by Crippen LogP contribution is 2.25. The smallest absolute Gasteiger partial charge is 0.221 e. The molecule has 0 bridgehead atoms. The molecule has 0 saturated carbocycles. The van der Waals surface area contributed by atoms with Crippen LogP contribution in [-0.4, -0.2) is 22.0 Å². The standard InChI is InChI=1S/C16H22ClN3O/c1-4-8-18-15(21)7-9-20-14-6-5-11(2)10-13(14)19-16(20)12(3)17/h5-6,10,12H,4,7-9H2,1-3H3,(H,18,21). The van der Waals surface area contributed by atoms with E-state index >= 15 is 0 Å². The molecule has 0 aliphatic carbocycles. The molecule has 0 fully saturated rings. The van der Waals surface area contributed by atoms with Gasteiger partial charge in [-0.2, -0.15) is 0 Å². The number of benzene rings is 1. The fourth-order valence-corrected chi connectivity index (χ4v) is 2.53. The lowest BCUT2D eigenvalue weighted by Crippen LogP contribution is -2.25. The highest BCUT2D eigenvalue weighted by atomic mass is 35.5. The van der Waals surface area contributed by atoms with E-state index in [4.69, 9.17) is 11.6 Å². The summed E-state index contributed by atoms with van der Waals surface area (Å²) in [4.78, 5) is 16.4. The Hall–Kier alpha value is -1.55. The van der Waals surface area contributed by atoms with Gasteiger partial charge in [-0.15, -0.1) is 11.6 Å². The average Bonchev–Trinajstić information content (AvgIpc) is 2.80. The Bertz CT molecular complexity index is 634. The van der Waals surface area contributed by atoms with Crippen LogP contribution in [0.4, 0.5) is 0 Å². The molecule has 2 rings (SSSR count). The number of amides is 1. The Morgan fingerprint density at radius 3 is 2.90 bits per heavy atom. The predicted molar refractivity (Wildman–Crippen MR) is 86.7 cm³/mol. The molecule has 5 heteroatoms. The molecule has 0 aliphatic rings. The van der Waals surface area contributed by atoms with Crippen molar-refractivity contribution in [3.63, 3.8) is 0 Å². The Balaban J connectivity index is 2.24. The summed E-state index contributed by atoms with van der Waals surface area (Å²) in [5.41, 5.74) is 3.14. The fourth-order valence-electron chi connectivity index (χ4n) is 2.36. The zero-order chi connectivity index (χ0) is 15.4. The van der Waals surface area contributed by atoms with Gasteiger partial charge in [0.25, 0.3) is 0 Å². The van der Waals surface area contributed by atoms with Gasteiger partial charge in [-0.3, -0.25) is 4.79 Å². The molecule has 4 nitrogen and oxygen atoms in total. The van der Waals surface area contributed by atoms with E-state index in [1.54, 1.807) is 0 Å². The number of imidazole rings is 1. The number of nitrogens with zero attached hydrogens (tertiary/aromatic N) is 2. The van der Waals surface area contributed by atoms with Crippen LogP contribution in [0.25, 0.3) is 11.0 Å². The molecule has 2 aromatic rings. The van der Waals surface area contributed by atoms with Gasteiger partial charge in [-0.1, -0.05) is 13.0 Å². The number of fused-ring (bicyclic) bond motifs is 1. The van der Waals surface area contributed by atoms with Gasteiger partial charge in [0.2, 0.25) is 5.91 Å². The molecule has 1 N–H and O–H groups in total. The zero-order valence-corrected chi connectivity index (χ0v) is 13.6. The first-order valence-electron chi connectivity index (χ1n) is 7.40. The van der Waals surface area contributed by atoms with Crippen molar-refractivity contribution < 1.29 is 4.79 Å². The lowest BCUT2D eigenvalue weighted by molar-refractivity contribution is -0.121. The van der Waals surface area contributed by atoms with Crippen LogP contribution in [0, 0.1) is 6.92 Å². The molecule has 0 spiro atoms. The first-order valence-corrected chi connectivity index (χ1v) is 7.84. The minimum Gasteiger partial charge on any atom is -0.356 e. The average molecular weight is 308 g/mol. The lowest BCUT2D eigenvalue weighted by Gasteiger charge is -2.10. The third-order valence-corrected chi connectivity index (χ3v) is 3.62. The summed E-state index contributed by atoms with van der Waals surface area (Å²) in [5, 5.41) is 2.71. The SMILES string of the molecule is CCCNC(=O)CCn1c(C(C)Cl)nc2cc(C)ccc21. The Kier molecular flexibility index (Phi) is 5.23. The number of hydrogen-bond acceptors (Lipinski definition) is 2. The number of aromatic nitrogens is 2. The third-order valence-electron chi connectivity index (χ3n) is 3.42. The minimum absolute atomic E-state index is 0.0685.